The lowest BCUT2D eigenvalue weighted by Gasteiger charge is -2.04. The zero-order valence-electron chi connectivity index (χ0n) is 6.28. The molecule has 0 aliphatic heterocycles. The number of rotatable bonds is 2. The van der Waals surface area contributed by atoms with Crippen LogP contribution in [0.1, 0.15) is 34.9 Å². The minimum atomic E-state index is -0.454. The molecule has 5 heteroatoms. The van der Waals surface area contributed by atoms with E-state index in [1.807, 2.05) is 0 Å². The van der Waals surface area contributed by atoms with E-state index in [1.54, 1.807) is 6.92 Å². The highest BCUT2D eigenvalue weighted by atomic mass is 127. The lowest BCUT2D eigenvalue weighted by molar-refractivity contribution is 0.174. The summed E-state index contributed by atoms with van der Waals surface area (Å²) >= 11 is 2.33. The van der Waals surface area contributed by atoms with Crippen molar-refractivity contribution in [3.63, 3.8) is 0 Å². The second-order valence-corrected chi connectivity index (χ2v) is 6.30. The number of aliphatic hydroxyl groups is 1. The van der Waals surface area contributed by atoms with Crippen LogP contribution < -0.4 is 0 Å². The van der Waals surface area contributed by atoms with Gasteiger partial charge >= 0.3 is 0 Å². The van der Waals surface area contributed by atoms with Crippen molar-refractivity contribution in [3.05, 3.63) is 11.1 Å². The molecule has 0 aliphatic carbocycles. The molecule has 0 spiro atoms. The zero-order chi connectivity index (χ0) is 8.43. The Kier molecular flexibility index (Phi) is 3.76. The molecule has 1 aromatic rings. The van der Waals surface area contributed by atoms with Crippen LogP contribution in [0.5, 0.6) is 0 Å². The Balaban J connectivity index is 2.96. The van der Waals surface area contributed by atoms with Gasteiger partial charge in [0.1, 0.15) is 11.9 Å². The van der Waals surface area contributed by atoms with Gasteiger partial charge in [-0.3, -0.25) is 0 Å². The molecule has 0 radical (unpaired) electrons. The summed E-state index contributed by atoms with van der Waals surface area (Å²) in [5, 5.41) is 10.5. The van der Waals surface area contributed by atoms with Crippen molar-refractivity contribution in [2.24, 2.45) is 0 Å². The first-order valence-electron chi connectivity index (χ1n) is 3.27. The smallest absolute Gasteiger partial charge is 0.156 e. The van der Waals surface area contributed by atoms with E-state index in [1.165, 1.54) is 13.2 Å². The van der Waals surface area contributed by atoms with Crippen LogP contribution >= 0.6 is 38.6 Å². The first-order chi connectivity index (χ1) is 5.13. The Labute approximate surface area is 82.7 Å². The van der Waals surface area contributed by atoms with Crippen LogP contribution in [0.4, 0.5) is 0 Å². The van der Waals surface area contributed by atoms with E-state index in [-0.39, 0.29) is 0 Å². The lowest BCUT2D eigenvalue weighted by atomic mass is 10.2. The molecule has 0 fully saturated rings. The van der Waals surface area contributed by atoms with Gasteiger partial charge in [-0.15, -0.1) is 0 Å². The van der Waals surface area contributed by atoms with Gasteiger partial charge in [-0.05, 0) is 13.8 Å². The van der Waals surface area contributed by atoms with Crippen molar-refractivity contribution in [1.82, 2.24) is 0 Å². The highest BCUT2D eigenvalue weighted by Crippen LogP contribution is 2.42. The fraction of sp³-hybridized carbons (Fsp3) is 0.667. The maximum absolute atomic E-state index is 9.28. The third-order valence-corrected chi connectivity index (χ3v) is 4.73. The molecule has 0 bridgehead atoms. The highest BCUT2D eigenvalue weighted by molar-refractivity contribution is 14.1. The molecule has 11 heavy (non-hydrogen) atoms. The molecule has 0 saturated carbocycles. The van der Waals surface area contributed by atoms with Crippen LogP contribution in [0.15, 0.2) is 4.20 Å². The molecular weight excluding hydrogens is 293 g/mol. The largest absolute Gasteiger partial charge is 0.436 e. The molecule has 1 rings (SSSR count). The fourth-order valence-corrected chi connectivity index (χ4v) is 4.65. The molecule has 2 nitrogen and oxygen atoms in total. The topological polar surface area (TPSA) is 33.4 Å². The molecule has 0 saturated heterocycles. The Morgan fingerprint density at radius 2 is 2.18 bits per heavy atom. The van der Waals surface area contributed by atoms with E-state index in [9.17, 15) is 5.11 Å². The van der Waals surface area contributed by atoms with E-state index in [4.69, 9.17) is 4.20 Å². The van der Waals surface area contributed by atoms with E-state index in [2.05, 4.69) is 29.5 Å². The summed E-state index contributed by atoms with van der Waals surface area (Å²) in [5.74, 6) is 0.773. The van der Waals surface area contributed by atoms with Gasteiger partial charge in [0.15, 0.2) is 8.11 Å². The molecular formula is C6H9IO2P2. The molecule has 0 aromatic carbocycles. The maximum atomic E-state index is 9.28. The predicted octanol–water partition coefficient (Wildman–Crippen LogP) is 3.99. The van der Waals surface area contributed by atoms with Crippen LogP contribution in [0.3, 0.4) is 0 Å². The van der Waals surface area contributed by atoms with Crippen LogP contribution in [0.25, 0.3) is 0 Å². The average molecular weight is 302 g/mol. The summed E-state index contributed by atoms with van der Waals surface area (Å²) < 4.78 is 5.73. The SMILES string of the molecule is CC(O)c1oppc1C(C)I. The first-order valence-corrected chi connectivity index (χ1v) is 6.93. The summed E-state index contributed by atoms with van der Waals surface area (Å²) in [4.78, 5) is 0. The van der Waals surface area contributed by atoms with Crippen molar-refractivity contribution >= 4 is 38.6 Å². The Morgan fingerprint density at radius 3 is 2.55 bits per heavy atom. The van der Waals surface area contributed by atoms with Gasteiger partial charge in [0.05, 0.1) is 0 Å². The van der Waals surface area contributed by atoms with Gasteiger partial charge in [0.25, 0.3) is 0 Å². The zero-order valence-corrected chi connectivity index (χ0v) is 10.2. The number of hydrogen-bond acceptors (Lipinski definition) is 2. The molecule has 2 atom stereocenters. The summed E-state index contributed by atoms with van der Waals surface area (Å²) in [6.45, 7) is 3.85. The highest BCUT2D eigenvalue weighted by Gasteiger charge is 2.15. The monoisotopic (exact) mass is 302 g/mol. The van der Waals surface area contributed by atoms with Crippen LogP contribution in [-0.4, -0.2) is 5.11 Å². The number of hydrogen-bond donors (Lipinski definition) is 1. The molecule has 1 heterocycles. The number of halogens is 1. The Hall–Kier alpha value is 0.830. The van der Waals surface area contributed by atoms with E-state index < -0.39 is 6.10 Å². The second-order valence-electron chi connectivity index (χ2n) is 2.31. The second kappa shape index (κ2) is 4.18. The van der Waals surface area contributed by atoms with Gasteiger partial charge in [0.2, 0.25) is 0 Å². The van der Waals surface area contributed by atoms with Crippen LogP contribution in [-0.2, 0) is 0 Å². The summed E-state index contributed by atoms with van der Waals surface area (Å²) in [7, 11) is 2.12. The number of aliphatic hydroxyl groups excluding tert-OH is 1. The molecule has 2 unspecified atom stereocenters. The predicted molar refractivity (Wildman–Crippen MR) is 56.8 cm³/mol. The molecule has 1 N–H and O–H groups in total. The van der Waals surface area contributed by atoms with Gasteiger partial charge < -0.3 is 9.30 Å². The van der Waals surface area contributed by atoms with Crippen molar-refractivity contribution in [1.29, 1.82) is 0 Å². The first kappa shape index (κ1) is 9.91. The van der Waals surface area contributed by atoms with Crippen LogP contribution in [0.2, 0.25) is 0 Å². The molecule has 1 aromatic heterocycles. The van der Waals surface area contributed by atoms with Gasteiger partial charge in [0, 0.05) is 17.1 Å². The summed E-state index contributed by atoms with van der Waals surface area (Å²) in [6, 6.07) is 0. The van der Waals surface area contributed by atoms with Crippen molar-refractivity contribution < 1.29 is 9.30 Å². The fourth-order valence-electron chi connectivity index (χ4n) is 0.770. The van der Waals surface area contributed by atoms with E-state index in [0.29, 0.717) is 3.92 Å². The van der Waals surface area contributed by atoms with Crippen molar-refractivity contribution in [2.75, 3.05) is 0 Å². The van der Waals surface area contributed by atoms with E-state index >= 15 is 0 Å². The quantitative estimate of drug-likeness (QED) is 0.662. The normalized spacial score (nSPS) is 17.8. The maximum Gasteiger partial charge on any atom is 0.156 e. The minimum Gasteiger partial charge on any atom is -0.436 e. The van der Waals surface area contributed by atoms with Crippen molar-refractivity contribution in [2.45, 2.75) is 23.9 Å². The van der Waals surface area contributed by atoms with E-state index in [0.717, 1.165) is 13.9 Å². The van der Waals surface area contributed by atoms with Gasteiger partial charge in [-0.25, -0.2) is 0 Å². The molecule has 0 amide bonds. The number of alkyl halides is 1. The minimum absolute atomic E-state index is 0.453. The standard InChI is InChI=1S/C6H9IO2P2/c1-3(7)6-5(4(2)8)9-11-10-6/h3-4,8H,1-2H3. The van der Waals surface area contributed by atoms with Crippen LogP contribution in [0, 0.1) is 0 Å². The molecule has 0 aliphatic rings. The summed E-state index contributed by atoms with van der Waals surface area (Å²) in [6.07, 6.45) is -0.454. The average Bonchev–Trinajstić information content (AvgIpc) is 2.32. The van der Waals surface area contributed by atoms with Gasteiger partial charge in [-0.2, -0.15) is 0 Å². The third kappa shape index (κ3) is 2.38. The van der Waals surface area contributed by atoms with Crippen molar-refractivity contribution in [3.8, 4) is 0 Å². The third-order valence-electron chi connectivity index (χ3n) is 1.30. The lowest BCUT2D eigenvalue weighted by Crippen LogP contribution is -1.92. The Bertz CT molecular complexity index is 212. The Morgan fingerprint density at radius 1 is 1.55 bits per heavy atom. The van der Waals surface area contributed by atoms with Gasteiger partial charge in [-0.1, -0.05) is 22.6 Å². The summed E-state index contributed by atoms with van der Waals surface area (Å²) in [5.41, 5.74) is 0. The molecule has 62 valence electrons.